The van der Waals surface area contributed by atoms with Crippen molar-refractivity contribution < 1.29 is 51.1 Å². The van der Waals surface area contributed by atoms with Crippen molar-refractivity contribution in [2.75, 3.05) is 0 Å². The van der Waals surface area contributed by atoms with Gasteiger partial charge < -0.3 is 15.7 Å². The molecule has 0 saturated heterocycles. The first-order valence-corrected chi connectivity index (χ1v) is 1.11. The molecule has 6 heteroatoms. The normalized spacial score (nSPS) is 5.50. The molecule has 0 saturated carbocycles. The molecule has 0 aliphatic heterocycles. The van der Waals surface area contributed by atoms with Gasteiger partial charge in [-0.05, 0) is 0 Å². The van der Waals surface area contributed by atoms with Crippen molar-refractivity contribution in [3.8, 4) is 0 Å². The number of carbonyl (C=O) groups is 2. The van der Waals surface area contributed by atoms with Crippen molar-refractivity contribution in [1.29, 1.82) is 0 Å². The maximum atomic E-state index is 9.10. The summed E-state index contributed by atoms with van der Waals surface area (Å²) in [5.74, 6) is -3.65. The van der Waals surface area contributed by atoms with Gasteiger partial charge in [0.15, 0.2) is 0 Å². The minimum atomic E-state index is -1.82. The molecular weight excluding hydrogens is 149 g/mol. The molecule has 0 spiro atoms. The fourth-order valence-electron chi connectivity index (χ4n) is 0. The van der Waals surface area contributed by atoms with Gasteiger partial charge in [0.1, 0.15) is 0 Å². The molecule has 0 aromatic rings. The zero-order chi connectivity index (χ0) is 5.15. The summed E-state index contributed by atoms with van der Waals surface area (Å²) in [6.07, 6.45) is 0. The Balaban J connectivity index is -0.000000125. The van der Waals surface area contributed by atoms with Crippen LogP contribution < -0.4 is 0 Å². The maximum Gasteiger partial charge on any atom is 0.414 e. The van der Waals surface area contributed by atoms with Crippen LogP contribution >= 0.6 is 0 Å². The van der Waals surface area contributed by atoms with E-state index in [2.05, 4.69) is 0 Å². The molecule has 45 valence electrons. The molecule has 0 aliphatic carbocycles. The molecule has 0 heterocycles. The topological polar surface area (TPSA) is 106 Å². The number of hydrogen-bond donors (Lipinski definition) is 2. The number of rotatable bonds is 0. The molecule has 5 nitrogen and oxygen atoms in total. The zero-order valence-corrected chi connectivity index (χ0v) is 5.59. The van der Waals surface area contributed by atoms with Crippen LogP contribution in [0.1, 0.15) is 0 Å². The van der Waals surface area contributed by atoms with E-state index in [1.54, 1.807) is 0 Å². The Bertz CT molecular complexity index is 76.4. The summed E-state index contributed by atoms with van der Waals surface area (Å²) in [7, 11) is 0. The molecule has 8 heavy (non-hydrogen) atoms. The van der Waals surface area contributed by atoms with Crippen molar-refractivity contribution in [3.05, 3.63) is 0 Å². The van der Waals surface area contributed by atoms with Crippen molar-refractivity contribution in [2.24, 2.45) is 0 Å². The summed E-state index contributed by atoms with van der Waals surface area (Å²) in [5, 5.41) is 14.8. The second-order valence-corrected chi connectivity index (χ2v) is 0.610. The third kappa shape index (κ3) is 9.24. The Kier molecular flexibility index (Phi) is 13.2. The van der Waals surface area contributed by atoms with Crippen LogP contribution in [0, 0.1) is 0 Å². The quantitative estimate of drug-likeness (QED) is 0.405. The Morgan fingerprint density at radius 1 is 1.00 bits per heavy atom. The molecule has 4 N–H and O–H groups in total. The second-order valence-electron chi connectivity index (χ2n) is 0.610. The van der Waals surface area contributed by atoms with Crippen LogP contribution in [0.5, 0.6) is 0 Å². The van der Waals surface area contributed by atoms with Crippen LogP contribution in [0.3, 0.4) is 0 Å². The number of aliphatic carboxylic acids is 2. The SMILES string of the molecule is O.O=C(O)C(=O)O.[Sc]. The Morgan fingerprint density at radius 3 is 1.12 bits per heavy atom. The van der Waals surface area contributed by atoms with Crippen molar-refractivity contribution in [3.63, 3.8) is 0 Å². The molecule has 0 unspecified atom stereocenters. The molecular formula is C2H4O5Sc. The summed E-state index contributed by atoms with van der Waals surface area (Å²) in [5.41, 5.74) is 0. The van der Waals surface area contributed by atoms with Gasteiger partial charge in [-0.15, -0.1) is 0 Å². The van der Waals surface area contributed by atoms with E-state index < -0.39 is 11.9 Å². The van der Waals surface area contributed by atoms with Gasteiger partial charge in [0.2, 0.25) is 0 Å². The van der Waals surface area contributed by atoms with Gasteiger partial charge in [0, 0.05) is 25.8 Å². The summed E-state index contributed by atoms with van der Waals surface area (Å²) in [4.78, 5) is 18.2. The molecule has 0 bridgehead atoms. The van der Waals surface area contributed by atoms with E-state index in [-0.39, 0.29) is 31.3 Å². The molecule has 0 aromatic heterocycles. The second kappa shape index (κ2) is 6.77. The Labute approximate surface area is 63.4 Å². The minimum absolute atomic E-state index is 0. The smallest absolute Gasteiger partial charge is 0.414 e. The summed E-state index contributed by atoms with van der Waals surface area (Å²) in [6, 6.07) is 0. The van der Waals surface area contributed by atoms with Gasteiger partial charge in [-0.1, -0.05) is 0 Å². The standard InChI is InChI=1S/C2H2O4.H2O.Sc/c3-1(4)2(5)6;;/h(H,3,4)(H,5,6);1H2;. The first-order valence-electron chi connectivity index (χ1n) is 1.11. The van der Waals surface area contributed by atoms with Crippen molar-refractivity contribution in [2.45, 2.75) is 0 Å². The molecule has 0 fully saturated rings. The van der Waals surface area contributed by atoms with Crippen LogP contribution in [-0.4, -0.2) is 27.6 Å². The van der Waals surface area contributed by atoms with E-state index in [9.17, 15) is 0 Å². The van der Waals surface area contributed by atoms with Crippen LogP contribution in [0.25, 0.3) is 0 Å². The van der Waals surface area contributed by atoms with Crippen LogP contribution in [0.4, 0.5) is 0 Å². The molecule has 0 atom stereocenters. The number of carboxylic acid groups (broad SMARTS) is 2. The molecule has 0 aliphatic rings. The molecule has 1 radical (unpaired) electrons. The predicted molar refractivity (Wildman–Crippen MR) is 18.9 cm³/mol. The zero-order valence-electron chi connectivity index (χ0n) is 3.79. The Morgan fingerprint density at radius 2 is 1.12 bits per heavy atom. The monoisotopic (exact) mass is 153 g/mol. The first kappa shape index (κ1) is 15.7. The van der Waals surface area contributed by atoms with Gasteiger partial charge in [-0.25, -0.2) is 9.59 Å². The largest absolute Gasteiger partial charge is 0.473 e. The van der Waals surface area contributed by atoms with E-state index in [0.29, 0.717) is 0 Å². The van der Waals surface area contributed by atoms with Crippen LogP contribution in [0.15, 0.2) is 0 Å². The van der Waals surface area contributed by atoms with E-state index in [1.807, 2.05) is 0 Å². The third-order valence-electron chi connectivity index (χ3n) is 0.183. The molecule has 0 amide bonds. The van der Waals surface area contributed by atoms with Gasteiger partial charge >= 0.3 is 11.9 Å². The van der Waals surface area contributed by atoms with Gasteiger partial charge in [-0.2, -0.15) is 0 Å². The van der Waals surface area contributed by atoms with E-state index in [4.69, 9.17) is 19.8 Å². The fraction of sp³-hybridized carbons (Fsp3) is 0. The maximum absolute atomic E-state index is 9.10. The third-order valence-corrected chi connectivity index (χ3v) is 0.183. The predicted octanol–water partition coefficient (Wildman–Crippen LogP) is -1.67. The van der Waals surface area contributed by atoms with Gasteiger partial charge in [0.25, 0.3) is 0 Å². The van der Waals surface area contributed by atoms with Crippen LogP contribution in [-0.2, 0) is 35.4 Å². The summed E-state index contributed by atoms with van der Waals surface area (Å²) in [6.45, 7) is 0. The average Bonchev–Trinajstić information content (AvgIpc) is 1.36. The first-order chi connectivity index (χ1) is 2.64. The molecule has 0 aromatic carbocycles. The summed E-state index contributed by atoms with van der Waals surface area (Å²) >= 11 is 0. The average molecular weight is 153 g/mol. The van der Waals surface area contributed by atoms with Crippen molar-refractivity contribution in [1.82, 2.24) is 0 Å². The van der Waals surface area contributed by atoms with Crippen LogP contribution in [0.2, 0.25) is 0 Å². The van der Waals surface area contributed by atoms with E-state index in [1.165, 1.54) is 0 Å². The minimum Gasteiger partial charge on any atom is -0.473 e. The van der Waals surface area contributed by atoms with Crippen molar-refractivity contribution >= 4 is 11.9 Å². The van der Waals surface area contributed by atoms with Gasteiger partial charge in [-0.3, -0.25) is 0 Å². The van der Waals surface area contributed by atoms with Gasteiger partial charge in [0.05, 0.1) is 0 Å². The molecule has 0 rings (SSSR count). The van der Waals surface area contributed by atoms with E-state index in [0.717, 1.165) is 0 Å². The Hall–Kier alpha value is -0.230. The van der Waals surface area contributed by atoms with E-state index >= 15 is 0 Å². The fourth-order valence-corrected chi connectivity index (χ4v) is 0. The number of hydrogen-bond acceptors (Lipinski definition) is 2. The summed E-state index contributed by atoms with van der Waals surface area (Å²) < 4.78 is 0. The number of carboxylic acids is 2.